The van der Waals surface area contributed by atoms with Crippen LogP contribution in [-0.2, 0) is 0 Å². The van der Waals surface area contributed by atoms with Crippen LogP contribution in [0.1, 0.15) is 37.2 Å². The smallest absolute Gasteiger partial charge is 0.145 e. The monoisotopic (exact) mass is 232 g/mol. The van der Waals surface area contributed by atoms with Crippen LogP contribution in [0.5, 0.6) is 5.75 Å². The number of nitrogens with one attached hydrogen (secondary N) is 1. The Morgan fingerprint density at radius 1 is 1.29 bits per heavy atom. The Bertz CT molecular complexity index is 401. The summed E-state index contributed by atoms with van der Waals surface area (Å²) < 4.78 is 5.68. The Morgan fingerprint density at radius 3 is 2.94 bits per heavy atom. The lowest BCUT2D eigenvalue weighted by atomic mass is 9.89. The number of hydrogen-bond acceptors (Lipinski definition) is 3. The Balaban J connectivity index is 1.72. The van der Waals surface area contributed by atoms with E-state index in [1.165, 1.54) is 24.8 Å². The number of nitrogens with two attached hydrogens (primary N) is 1. The topological polar surface area (TPSA) is 47.3 Å². The van der Waals surface area contributed by atoms with E-state index in [1.54, 1.807) is 0 Å². The highest BCUT2D eigenvalue weighted by molar-refractivity contribution is 5.58. The minimum Gasteiger partial charge on any atom is -0.491 e. The molecule has 3 heteroatoms. The molecule has 1 unspecified atom stereocenters. The Hall–Kier alpha value is -1.22. The summed E-state index contributed by atoms with van der Waals surface area (Å²) in [5.41, 5.74) is 8.01. The van der Waals surface area contributed by atoms with Gasteiger partial charge in [-0.1, -0.05) is 18.6 Å². The number of hydrogen-bond donors (Lipinski definition) is 2. The van der Waals surface area contributed by atoms with Gasteiger partial charge in [-0.3, -0.25) is 0 Å². The molecule has 1 aromatic carbocycles. The first-order valence-corrected chi connectivity index (χ1v) is 6.59. The average molecular weight is 232 g/mol. The number of para-hydroxylation sites is 1. The molecule has 0 bridgehead atoms. The molecule has 1 aliphatic carbocycles. The van der Waals surface area contributed by atoms with Crippen LogP contribution in [0.15, 0.2) is 18.2 Å². The van der Waals surface area contributed by atoms with Crippen LogP contribution in [-0.4, -0.2) is 19.2 Å². The first kappa shape index (κ1) is 10.9. The van der Waals surface area contributed by atoms with Crippen molar-refractivity contribution in [3.05, 3.63) is 23.8 Å². The summed E-state index contributed by atoms with van der Waals surface area (Å²) >= 11 is 0. The van der Waals surface area contributed by atoms with Gasteiger partial charge < -0.3 is 15.8 Å². The van der Waals surface area contributed by atoms with Gasteiger partial charge in [-0.2, -0.15) is 0 Å². The Labute approximate surface area is 102 Å². The summed E-state index contributed by atoms with van der Waals surface area (Å²) in [4.78, 5) is 0. The van der Waals surface area contributed by atoms with E-state index in [1.807, 2.05) is 12.1 Å². The average Bonchev–Trinajstić information content (AvgIpc) is 2.28. The minimum absolute atomic E-state index is 0.558. The lowest BCUT2D eigenvalue weighted by Crippen LogP contribution is -2.38. The lowest BCUT2D eigenvalue weighted by molar-refractivity contribution is 0.255. The molecule has 3 N–H and O–H groups in total. The van der Waals surface area contributed by atoms with Crippen molar-refractivity contribution in [1.29, 1.82) is 0 Å². The van der Waals surface area contributed by atoms with Crippen LogP contribution in [0.3, 0.4) is 0 Å². The molecule has 3 rings (SSSR count). The maximum absolute atomic E-state index is 5.95. The first-order valence-electron chi connectivity index (χ1n) is 6.59. The highest BCUT2D eigenvalue weighted by Gasteiger charge is 2.24. The fourth-order valence-electron chi connectivity index (χ4n) is 2.65. The zero-order valence-electron chi connectivity index (χ0n) is 10.1. The molecular formula is C14H20N2O. The van der Waals surface area contributed by atoms with Crippen LogP contribution < -0.4 is 15.8 Å². The number of fused-ring (bicyclic) bond motifs is 1. The third kappa shape index (κ3) is 2.12. The van der Waals surface area contributed by atoms with E-state index in [0.29, 0.717) is 5.92 Å². The van der Waals surface area contributed by atoms with Gasteiger partial charge in [0.05, 0.1) is 12.3 Å². The van der Waals surface area contributed by atoms with Crippen molar-refractivity contribution in [3.8, 4) is 5.75 Å². The molecule has 2 aliphatic rings. The fourth-order valence-corrected chi connectivity index (χ4v) is 2.65. The van der Waals surface area contributed by atoms with Gasteiger partial charge in [0.25, 0.3) is 0 Å². The molecule has 3 nitrogen and oxygen atoms in total. The fraction of sp³-hybridized carbons (Fsp3) is 0.571. The zero-order chi connectivity index (χ0) is 11.7. The highest BCUT2D eigenvalue weighted by atomic mass is 16.5. The molecule has 0 spiro atoms. The van der Waals surface area contributed by atoms with Crippen LogP contribution in [0, 0.1) is 0 Å². The van der Waals surface area contributed by atoms with Gasteiger partial charge >= 0.3 is 0 Å². The molecule has 1 heterocycles. The summed E-state index contributed by atoms with van der Waals surface area (Å²) in [5.74, 6) is 1.47. The van der Waals surface area contributed by atoms with Crippen molar-refractivity contribution >= 4 is 5.69 Å². The van der Waals surface area contributed by atoms with Gasteiger partial charge in [-0.15, -0.1) is 0 Å². The van der Waals surface area contributed by atoms with E-state index < -0.39 is 0 Å². The number of benzene rings is 1. The third-order valence-electron chi connectivity index (χ3n) is 3.99. The van der Waals surface area contributed by atoms with E-state index in [-0.39, 0.29) is 0 Å². The first-order chi connectivity index (χ1) is 8.34. The molecule has 1 saturated carbocycles. The summed E-state index contributed by atoms with van der Waals surface area (Å²) in [7, 11) is 0. The van der Waals surface area contributed by atoms with Crippen molar-refractivity contribution in [1.82, 2.24) is 5.32 Å². The molecule has 1 aromatic rings. The largest absolute Gasteiger partial charge is 0.491 e. The Morgan fingerprint density at radius 2 is 2.18 bits per heavy atom. The van der Waals surface area contributed by atoms with Crippen molar-refractivity contribution in [3.63, 3.8) is 0 Å². The maximum atomic E-state index is 5.95. The van der Waals surface area contributed by atoms with Gasteiger partial charge in [0.1, 0.15) is 5.75 Å². The van der Waals surface area contributed by atoms with Crippen LogP contribution in [0.4, 0.5) is 5.69 Å². The summed E-state index contributed by atoms with van der Waals surface area (Å²) in [5, 5.41) is 3.65. The normalized spacial score (nSPS) is 23.6. The molecule has 1 aliphatic heterocycles. The maximum Gasteiger partial charge on any atom is 0.145 e. The van der Waals surface area contributed by atoms with Gasteiger partial charge in [-0.05, 0) is 25.3 Å². The minimum atomic E-state index is 0.558. The predicted molar refractivity (Wildman–Crippen MR) is 69.3 cm³/mol. The van der Waals surface area contributed by atoms with Gasteiger partial charge in [0, 0.05) is 24.1 Å². The van der Waals surface area contributed by atoms with E-state index in [9.17, 15) is 0 Å². The molecule has 1 atom stereocenters. The summed E-state index contributed by atoms with van der Waals surface area (Å²) in [6.07, 6.45) is 5.16. The molecule has 0 radical (unpaired) electrons. The van der Waals surface area contributed by atoms with Crippen molar-refractivity contribution in [2.75, 3.05) is 18.9 Å². The predicted octanol–water partition coefficient (Wildman–Crippen LogP) is 2.28. The molecule has 17 heavy (non-hydrogen) atoms. The van der Waals surface area contributed by atoms with E-state index in [2.05, 4.69) is 11.4 Å². The van der Waals surface area contributed by atoms with Crippen LogP contribution in [0.2, 0.25) is 0 Å². The summed E-state index contributed by atoms with van der Waals surface area (Å²) in [6.45, 7) is 1.85. The van der Waals surface area contributed by atoms with Gasteiger partial charge in [0.2, 0.25) is 0 Å². The molecule has 92 valence electrons. The molecule has 0 aromatic heterocycles. The van der Waals surface area contributed by atoms with Gasteiger partial charge in [-0.25, -0.2) is 0 Å². The lowest BCUT2D eigenvalue weighted by Gasteiger charge is -2.31. The van der Waals surface area contributed by atoms with Gasteiger partial charge in [0.15, 0.2) is 0 Å². The van der Waals surface area contributed by atoms with Crippen LogP contribution >= 0.6 is 0 Å². The third-order valence-corrected chi connectivity index (χ3v) is 3.99. The SMILES string of the molecule is Nc1cccc2c1OCCC2CNC1CCC1. The van der Waals surface area contributed by atoms with E-state index in [0.717, 1.165) is 37.1 Å². The van der Waals surface area contributed by atoms with E-state index in [4.69, 9.17) is 10.5 Å². The second-order valence-electron chi connectivity index (χ2n) is 5.14. The number of anilines is 1. The number of nitrogen functional groups attached to an aromatic ring is 1. The molecule has 0 amide bonds. The van der Waals surface area contributed by atoms with Crippen molar-refractivity contribution in [2.45, 2.75) is 37.6 Å². The standard InChI is InChI=1S/C14H20N2O/c15-13-6-2-5-12-10(7-8-17-14(12)13)9-16-11-3-1-4-11/h2,5-6,10-11,16H,1,3-4,7-9,15H2. The second-order valence-corrected chi connectivity index (χ2v) is 5.14. The van der Waals surface area contributed by atoms with E-state index >= 15 is 0 Å². The quantitative estimate of drug-likeness (QED) is 0.786. The zero-order valence-corrected chi connectivity index (χ0v) is 10.1. The van der Waals surface area contributed by atoms with Crippen molar-refractivity contribution in [2.24, 2.45) is 0 Å². The number of ether oxygens (including phenoxy) is 1. The molecule has 1 fully saturated rings. The number of rotatable bonds is 3. The van der Waals surface area contributed by atoms with Crippen LogP contribution in [0.25, 0.3) is 0 Å². The second kappa shape index (κ2) is 4.57. The molecule has 0 saturated heterocycles. The molecular weight excluding hydrogens is 212 g/mol. The summed E-state index contributed by atoms with van der Waals surface area (Å²) in [6, 6.07) is 6.85. The Kier molecular flexibility index (Phi) is 2.93. The van der Waals surface area contributed by atoms with Crippen molar-refractivity contribution < 1.29 is 4.74 Å². The highest BCUT2D eigenvalue weighted by Crippen LogP contribution is 2.37.